The third-order valence-electron chi connectivity index (χ3n) is 3.56. The van der Waals surface area contributed by atoms with Crippen LogP contribution in [0.5, 0.6) is 0 Å². The summed E-state index contributed by atoms with van der Waals surface area (Å²) >= 11 is 6.36. The van der Waals surface area contributed by atoms with Gasteiger partial charge in [0.25, 0.3) is 0 Å². The summed E-state index contributed by atoms with van der Waals surface area (Å²) in [6.07, 6.45) is 1.80. The van der Waals surface area contributed by atoms with Gasteiger partial charge in [0.1, 0.15) is 5.82 Å². The Kier molecular flexibility index (Phi) is 3.84. The highest BCUT2D eigenvalue weighted by Crippen LogP contribution is 2.26. The summed E-state index contributed by atoms with van der Waals surface area (Å²) in [6.45, 7) is 3.07. The highest BCUT2D eigenvalue weighted by atomic mass is 35.5. The minimum absolute atomic E-state index is 0.757. The van der Waals surface area contributed by atoms with E-state index in [0.717, 1.165) is 47.0 Å². The Morgan fingerprint density at radius 1 is 1.19 bits per heavy atom. The number of rotatable bonds is 4. The van der Waals surface area contributed by atoms with Crippen molar-refractivity contribution in [3.05, 3.63) is 58.9 Å². The van der Waals surface area contributed by atoms with Crippen molar-refractivity contribution in [1.82, 2.24) is 9.55 Å². The van der Waals surface area contributed by atoms with E-state index in [0.29, 0.717) is 0 Å². The quantitative estimate of drug-likeness (QED) is 0.731. The number of anilines is 1. The van der Waals surface area contributed by atoms with Crippen molar-refractivity contribution in [3.63, 3.8) is 0 Å². The summed E-state index contributed by atoms with van der Waals surface area (Å²) < 4.78 is 2.22. The van der Waals surface area contributed by atoms with E-state index in [4.69, 9.17) is 22.3 Å². The number of fused-ring (bicyclic) bond motifs is 1. The van der Waals surface area contributed by atoms with Crippen molar-refractivity contribution in [2.75, 3.05) is 5.73 Å². The van der Waals surface area contributed by atoms with Gasteiger partial charge in [0.15, 0.2) is 0 Å². The lowest BCUT2D eigenvalue weighted by Gasteiger charge is -2.09. The lowest BCUT2D eigenvalue weighted by molar-refractivity contribution is 0.664. The average Bonchev–Trinajstić information content (AvgIpc) is 2.78. The van der Waals surface area contributed by atoms with Crippen LogP contribution in [0, 0.1) is 0 Å². The van der Waals surface area contributed by atoms with Crippen LogP contribution in [-0.4, -0.2) is 9.55 Å². The first-order chi connectivity index (χ1) is 10.2. The number of hydrogen-bond donors (Lipinski definition) is 1. The summed E-state index contributed by atoms with van der Waals surface area (Å²) in [4.78, 5) is 4.75. The molecule has 3 aromatic rings. The number of benzene rings is 2. The van der Waals surface area contributed by atoms with Crippen molar-refractivity contribution in [3.8, 4) is 0 Å². The maximum atomic E-state index is 6.36. The van der Waals surface area contributed by atoms with Gasteiger partial charge < -0.3 is 10.3 Å². The highest BCUT2D eigenvalue weighted by molar-refractivity contribution is 6.35. The Morgan fingerprint density at radius 2 is 2.00 bits per heavy atom. The molecule has 0 unspecified atom stereocenters. The fourth-order valence-electron chi connectivity index (χ4n) is 2.67. The number of nitrogens with two attached hydrogens (primary N) is 1. The zero-order valence-electron chi connectivity index (χ0n) is 12.0. The zero-order valence-corrected chi connectivity index (χ0v) is 12.8. The third kappa shape index (κ3) is 2.74. The fourth-order valence-corrected chi connectivity index (χ4v) is 2.95. The van der Waals surface area contributed by atoms with Crippen molar-refractivity contribution in [1.29, 1.82) is 0 Å². The molecule has 0 saturated heterocycles. The van der Waals surface area contributed by atoms with Gasteiger partial charge in [0, 0.05) is 18.7 Å². The van der Waals surface area contributed by atoms with Gasteiger partial charge >= 0.3 is 0 Å². The lowest BCUT2D eigenvalue weighted by atomic mass is 10.1. The molecule has 0 amide bonds. The molecule has 0 aliphatic rings. The van der Waals surface area contributed by atoms with E-state index in [9.17, 15) is 0 Å². The van der Waals surface area contributed by atoms with Crippen LogP contribution in [0.25, 0.3) is 11.0 Å². The monoisotopic (exact) mass is 299 g/mol. The van der Waals surface area contributed by atoms with E-state index in [1.165, 1.54) is 5.56 Å². The Balaban J connectivity index is 2.09. The zero-order chi connectivity index (χ0) is 14.8. The molecular formula is C17H18ClN3. The van der Waals surface area contributed by atoms with E-state index in [1.807, 2.05) is 36.4 Å². The number of nitrogen functional groups attached to an aromatic ring is 1. The van der Waals surface area contributed by atoms with Crippen LogP contribution in [0.15, 0.2) is 42.5 Å². The fraction of sp³-hybridized carbons (Fsp3) is 0.235. The molecule has 21 heavy (non-hydrogen) atoms. The van der Waals surface area contributed by atoms with Gasteiger partial charge in [0.05, 0.1) is 16.1 Å². The number of halogens is 1. The summed E-state index contributed by atoms with van der Waals surface area (Å²) in [5, 5.41) is 0.757. The van der Waals surface area contributed by atoms with E-state index in [2.05, 4.69) is 17.6 Å². The standard InChI is InChI=1S/C17H18ClN3/c1-2-9-21-16(11-12-5-3-6-13(19)10-12)20-15-8-4-7-14(18)17(15)21/h3-8,10H,2,9,11,19H2,1H3. The van der Waals surface area contributed by atoms with Crippen LogP contribution in [0.3, 0.4) is 0 Å². The van der Waals surface area contributed by atoms with Crippen LogP contribution in [0.4, 0.5) is 5.69 Å². The summed E-state index contributed by atoms with van der Waals surface area (Å²) in [5.74, 6) is 1.03. The molecule has 1 aromatic heterocycles. The van der Waals surface area contributed by atoms with Crippen LogP contribution >= 0.6 is 11.6 Å². The molecule has 4 heteroatoms. The number of nitrogens with zero attached hydrogens (tertiary/aromatic N) is 2. The van der Waals surface area contributed by atoms with Crippen molar-refractivity contribution >= 4 is 28.3 Å². The molecule has 0 saturated carbocycles. The summed E-state index contributed by atoms with van der Waals surface area (Å²) in [7, 11) is 0. The first kappa shape index (κ1) is 14.0. The molecule has 2 aromatic carbocycles. The maximum Gasteiger partial charge on any atom is 0.114 e. The topological polar surface area (TPSA) is 43.8 Å². The van der Waals surface area contributed by atoms with E-state index in [1.54, 1.807) is 0 Å². The predicted molar refractivity (Wildman–Crippen MR) is 88.7 cm³/mol. The first-order valence-corrected chi connectivity index (χ1v) is 7.55. The number of para-hydroxylation sites is 1. The number of hydrogen-bond acceptors (Lipinski definition) is 2. The smallest absolute Gasteiger partial charge is 0.114 e. The molecule has 108 valence electrons. The van der Waals surface area contributed by atoms with Gasteiger partial charge in [0.2, 0.25) is 0 Å². The first-order valence-electron chi connectivity index (χ1n) is 7.17. The van der Waals surface area contributed by atoms with Crippen LogP contribution < -0.4 is 5.73 Å². The predicted octanol–water partition coefficient (Wildman–Crippen LogP) is 4.27. The van der Waals surface area contributed by atoms with Crippen LogP contribution in [-0.2, 0) is 13.0 Å². The number of imidazole rings is 1. The molecule has 3 nitrogen and oxygen atoms in total. The molecule has 2 N–H and O–H groups in total. The normalized spacial score (nSPS) is 11.1. The van der Waals surface area contributed by atoms with Gasteiger partial charge in [-0.25, -0.2) is 4.98 Å². The van der Waals surface area contributed by atoms with Gasteiger partial charge in [-0.2, -0.15) is 0 Å². The summed E-state index contributed by atoms with van der Waals surface area (Å²) in [5.41, 5.74) is 9.79. The highest BCUT2D eigenvalue weighted by Gasteiger charge is 2.13. The molecule has 0 radical (unpaired) electrons. The van der Waals surface area contributed by atoms with Crippen LogP contribution in [0.2, 0.25) is 5.02 Å². The Morgan fingerprint density at radius 3 is 2.76 bits per heavy atom. The molecule has 0 fully saturated rings. The molecular weight excluding hydrogens is 282 g/mol. The molecule has 0 aliphatic heterocycles. The minimum Gasteiger partial charge on any atom is -0.399 e. The molecule has 1 heterocycles. The Bertz CT molecular complexity index is 777. The summed E-state index contributed by atoms with van der Waals surface area (Å²) in [6, 6.07) is 13.8. The van der Waals surface area contributed by atoms with Gasteiger partial charge in [-0.1, -0.05) is 36.7 Å². The largest absolute Gasteiger partial charge is 0.399 e. The Hall–Kier alpha value is -2.00. The second-order valence-electron chi connectivity index (χ2n) is 5.21. The maximum absolute atomic E-state index is 6.36. The van der Waals surface area contributed by atoms with Gasteiger partial charge in [-0.15, -0.1) is 0 Å². The lowest BCUT2D eigenvalue weighted by Crippen LogP contribution is -2.04. The molecule has 0 aliphatic carbocycles. The minimum atomic E-state index is 0.757. The van der Waals surface area contributed by atoms with E-state index >= 15 is 0 Å². The van der Waals surface area contributed by atoms with Crippen molar-refractivity contribution in [2.45, 2.75) is 26.3 Å². The van der Waals surface area contributed by atoms with Crippen molar-refractivity contribution < 1.29 is 0 Å². The van der Waals surface area contributed by atoms with E-state index < -0.39 is 0 Å². The van der Waals surface area contributed by atoms with Gasteiger partial charge in [-0.3, -0.25) is 0 Å². The molecule has 0 bridgehead atoms. The number of aryl methyl sites for hydroxylation is 1. The Labute approximate surface area is 129 Å². The molecule has 0 spiro atoms. The second kappa shape index (κ2) is 5.78. The third-order valence-corrected chi connectivity index (χ3v) is 3.86. The molecule has 0 atom stereocenters. The molecule has 3 rings (SSSR count). The van der Waals surface area contributed by atoms with Crippen molar-refractivity contribution in [2.24, 2.45) is 0 Å². The number of aromatic nitrogens is 2. The van der Waals surface area contributed by atoms with E-state index in [-0.39, 0.29) is 0 Å². The second-order valence-corrected chi connectivity index (χ2v) is 5.62. The average molecular weight is 300 g/mol. The van der Waals surface area contributed by atoms with Gasteiger partial charge in [-0.05, 0) is 36.2 Å². The SMILES string of the molecule is CCCn1c(Cc2cccc(N)c2)nc2cccc(Cl)c21. The van der Waals surface area contributed by atoms with Crippen LogP contribution in [0.1, 0.15) is 24.7 Å².